The Morgan fingerprint density at radius 3 is 2.42 bits per heavy atom. The number of hydrogen-bond acceptors (Lipinski definition) is 3. The second kappa shape index (κ2) is 6.02. The van der Waals surface area contributed by atoms with Crippen molar-refractivity contribution < 1.29 is 9.59 Å². The van der Waals surface area contributed by atoms with E-state index in [9.17, 15) is 9.59 Å². The first-order valence-electron chi connectivity index (χ1n) is 3.81. The van der Waals surface area contributed by atoms with Gasteiger partial charge >= 0.3 is 0 Å². The lowest BCUT2D eigenvalue weighted by atomic mass is 10.4. The summed E-state index contributed by atoms with van der Waals surface area (Å²) in [6, 6.07) is 0. The Balaban J connectivity index is 4.02. The molecule has 0 spiro atoms. The highest BCUT2D eigenvalue weighted by Gasteiger charge is 2.12. The van der Waals surface area contributed by atoms with Crippen LogP contribution in [0.3, 0.4) is 0 Å². The summed E-state index contributed by atoms with van der Waals surface area (Å²) < 4.78 is 0. The summed E-state index contributed by atoms with van der Waals surface area (Å²) in [5, 5.41) is -0.315. The van der Waals surface area contributed by atoms with Crippen molar-refractivity contribution in [2.24, 2.45) is 5.73 Å². The molecule has 0 atom stereocenters. The van der Waals surface area contributed by atoms with Gasteiger partial charge in [0.1, 0.15) is 0 Å². The molecule has 12 heavy (non-hydrogen) atoms. The minimum absolute atomic E-state index is 0.0486. The quantitative estimate of drug-likeness (QED) is 0.582. The smallest absolute Gasteiger partial charge is 0.236 e. The van der Waals surface area contributed by atoms with Crippen molar-refractivity contribution in [3.63, 3.8) is 0 Å². The van der Waals surface area contributed by atoms with E-state index in [4.69, 9.17) is 5.73 Å². The normalized spacial score (nSPS) is 9.58. The molecule has 1 amide bonds. The van der Waals surface area contributed by atoms with E-state index < -0.39 is 0 Å². The fourth-order valence-corrected chi connectivity index (χ4v) is 1.02. The Hall–Kier alpha value is -0.550. The molecule has 2 N–H and O–H groups in total. The van der Waals surface area contributed by atoms with Crippen LogP contribution in [0.5, 0.6) is 0 Å². The summed E-state index contributed by atoms with van der Waals surface area (Å²) in [4.78, 5) is 23.0. The first kappa shape index (κ1) is 11.4. The topological polar surface area (TPSA) is 63.4 Å². The first-order valence-corrected chi connectivity index (χ1v) is 4.26. The molecule has 0 rings (SSSR count). The van der Waals surface area contributed by atoms with Crippen molar-refractivity contribution in [1.29, 1.82) is 0 Å². The van der Waals surface area contributed by atoms with E-state index in [-0.39, 0.29) is 24.1 Å². The molecule has 0 unspecified atom stereocenters. The zero-order valence-corrected chi connectivity index (χ0v) is 8.01. The third-order valence-electron chi connectivity index (χ3n) is 1.35. The van der Waals surface area contributed by atoms with Gasteiger partial charge in [0, 0.05) is 6.54 Å². The van der Waals surface area contributed by atoms with Crippen molar-refractivity contribution in [3.8, 4) is 0 Å². The standard InChI is InChI=1S/C7H14N2O2S/c1-2-3-9(5-7(11)12)6(10)4-8/h2-5,8H2,1H3,(H,11,12). The van der Waals surface area contributed by atoms with Crippen molar-refractivity contribution in [2.45, 2.75) is 13.3 Å². The van der Waals surface area contributed by atoms with Gasteiger partial charge in [-0.25, -0.2) is 0 Å². The van der Waals surface area contributed by atoms with Gasteiger partial charge in [-0.2, -0.15) is 0 Å². The molecule has 0 bridgehead atoms. The highest BCUT2D eigenvalue weighted by atomic mass is 32.1. The van der Waals surface area contributed by atoms with Crippen LogP contribution >= 0.6 is 12.6 Å². The highest BCUT2D eigenvalue weighted by Crippen LogP contribution is 1.93. The Bertz CT molecular complexity index is 173. The molecule has 70 valence electrons. The van der Waals surface area contributed by atoms with Gasteiger partial charge in [-0.05, 0) is 6.42 Å². The van der Waals surface area contributed by atoms with Crippen LogP contribution in [0.15, 0.2) is 0 Å². The van der Waals surface area contributed by atoms with Crippen molar-refractivity contribution in [1.82, 2.24) is 4.90 Å². The maximum Gasteiger partial charge on any atom is 0.236 e. The lowest BCUT2D eigenvalue weighted by molar-refractivity contribution is -0.132. The first-order chi connectivity index (χ1) is 5.61. The van der Waals surface area contributed by atoms with Crippen molar-refractivity contribution in [2.75, 3.05) is 19.6 Å². The third-order valence-corrected chi connectivity index (χ3v) is 1.49. The molecule has 0 aliphatic heterocycles. The van der Waals surface area contributed by atoms with E-state index in [1.165, 1.54) is 4.90 Å². The lowest BCUT2D eigenvalue weighted by Crippen LogP contribution is -2.39. The van der Waals surface area contributed by atoms with E-state index in [0.717, 1.165) is 6.42 Å². The van der Waals surface area contributed by atoms with Crippen LogP contribution in [0.2, 0.25) is 0 Å². The average molecular weight is 190 g/mol. The monoisotopic (exact) mass is 190 g/mol. The van der Waals surface area contributed by atoms with E-state index in [1.807, 2.05) is 6.92 Å². The second-order valence-corrected chi connectivity index (χ2v) is 2.91. The zero-order valence-electron chi connectivity index (χ0n) is 7.12. The molecular weight excluding hydrogens is 176 g/mol. The van der Waals surface area contributed by atoms with Crippen LogP contribution in [-0.4, -0.2) is 35.6 Å². The molecule has 0 aromatic heterocycles. The Morgan fingerprint density at radius 1 is 1.50 bits per heavy atom. The molecule has 4 nitrogen and oxygen atoms in total. The number of hydrogen-bond donors (Lipinski definition) is 2. The number of nitrogens with two attached hydrogens (primary N) is 1. The largest absolute Gasteiger partial charge is 0.333 e. The van der Waals surface area contributed by atoms with E-state index >= 15 is 0 Å². The highest BCUT2D eigenvalue weighted by molar-refractivity contribution is 7.96. The van der Waals surface area contributed by atoms with E-state index in [2.05, 4.69) is 12.6 Å². The van der Waals surface area contributed by atoms with Gasteiger partial charge in [0.2, 0.25) is 11.0 Å². The molecule has 0 saturated carbocycles. The molecule has 0 radical (unpaired) electrons. The summed E-state index contributed by atoms with van der Waals surface area (Å²) in [5.41, 5.74) is 5.15. The summed E-state index contributed by atoms with van der Waals surface area (Å²) in [6.07, 6.45) is 0.812. The number of carbonyl (C=O) groups is 2. The molecule has 5 heteroatoms. The average Bonchev–Trinajstić information content (AvgIpc) is 2.01. The second-order valence-electron chi connectivity index (χ2n) is 2.41. The van der Waals surface area contributed by atoms with Crippen molar-refractivity contribution >= 4 is 23.7 Å². The maximum absolute atomic E-state index is 11.1. The van der Waals surface area contributed by atoms with Gasteiger partial charge in [-0.1, -0.05) is 6.92 Å². The fourth-order valence-electron chi connectivity index (χ4n) is 0.854. The third kappa shape index (κ3) is 4.35. The maximum atomic E-state index is 11.1. The predicted octanol–water partition coefficient (Wildman–Crippen LogP) is -0.360. The predicted molar refractivity (Wildman–Crippen MR) is 49.9 cm³/mol. The molecule has 0 heterocycles. The Morgan fingerprint density at radius 2 is 2.08 bits per heavy atom. The van der Waals surface area contributed by atoms with Gasteiger partial charge in [0.15, 0.2) is 0 Å². The summed E-state index contributed by atoms with van der Waals surface area (Å²) in [5.74, 6) is -0.209. The Kier molecular flexibility index (Phi) is 5.74. The number of amides is 1. The number of nitrogens with zero attached hydrogens (tertiary/aromatic N) is 1. The van der Waals surface area contributed by atoms with E-state index in [0.29, 0.717) is 6.54 Å². The number of rotatable bonds is 5. The molecule has 0 aromatic rings. The van der Waals surface area contributed by atoms with Gasteiger partial charge < -0.3 is 10.6 Å². The summed E-state index contributed by atoms with van der Waals surface area (Å²) in [7, 11) is 0. The fraction of sp³-hybridized carbons (Fsp3) is 0.714. The summed E-state index contributed by atoms with van der Waals surface area (Å²) in [6.45, 7) is 2.48. The van der Waals surface area contributed by atoms with Crippen LogP contribution < -0.4 is 5.73 Å². The van der Waals surface area contributed by atoms with Gasteiger partial charge in [-0.15, -0.1) is 12.6 Å². The number of carbonyl (C=O) groups excluding carboxylic acids is 2. The van der Waals surface area contributed by atoms with Gasteiger partial charge in [-0.3, -0.25) is 9.59 Å². The zero-order chi connectivity index (χ0) is 9.56. The van der Waals surface area contributed by atoms with Gasteiger partial charge in [0.25, 0.3) is 0 Å². The van der Waals surface area contributed by atoms with Crippen LogP contribution in [0.1, 0.15) is 13.3 Å². The molecule has 0 aromatic carbocycles. The summed E-state index contributed by atoms with van der Waals surface area (Å²) >= 11 is 3.59. The number of thiol groups is 1. The molecule has 0 fully saturated rings. The lowest BCUT2D eigenvalue weighted by Gasteiger charge is -2.19. The molecular formula is C7H14N2O2S. The van der Waals surface area contributed by atoms with Crippen molar-refractivity contribution in [3.05, 3.63) is 0 Å². The van der Waals surface area contributed by atoms with E-state index in [1.54, 1.807) is 0 Å². The SMILES string of the molecule is CCCN(CC(=O)S)C(=O)CN. The van der Waals surface area contributed by atoms with Crippen LogP contribution in [0, 0.1) is 0 Å². The van der Waals surface area contributed by atoms with Crippen LogP contribution in [0.4, 0.5) is 0 Å². The van der Waals surface area contributed by atoms with Gasteiger partial charge in [0.05, 0.1) is 13.1 Å². The Labute approximate surface area is 77.5 Å². The minimum atomic E-state index is -0.315. The minimum Gasteiger partial charge on any atom is -0.333 e. The molecule has 0 aliphatic rings. The molecule has 0 aliphatic carbocycles. The van der Waals surface area contributed by atoms with Crippen LogP contribution in [-0.2, 0) is 9.59 Å². The van der Waals surface area contributed by atoms with Crippen LogP contribution in [0.25, 0.3) is 0 Å². The molecule has 0 saturated heterocycles.